The van der Waals surface area contributed by atoms with Gasteiger partial charge in [0, 0.05) is 29.4 Å². The lowest BCUT2D eigenvalue weighted by molar-refractivity contribution is -0.456. The fourth-order valence-corrected chi connectivity index (χ4v) is 2.29. The summed E-state index contributed by atoms with van der Waals surface area (Å²) in [6.07, 6.45) is 7.06. The van der Waals surface area contributed by atoms with Crippen molar-refractivity contribution in [2.24, 2.45) is 16.6 Å². The van der Waals surface area contributed by atoms with Crippen molar-refractivity contribution in [2.75, 3.05) is 18.0 Å². The van der Waals surface area contributed by atoms with Crippen LogP contribution in [0.5, 0.6) is 0 Å². The number of nitrogens with two attached hydrogens (primary N) is 2. The molecule has 1 aliphatic rings. The number of guanidine groups is 1. The summed E-state index contributed by atoms with van der Waals surface area (Å²) in [4.78, 5) is 2.46. The molecular weight excluding hydrogens is 238 g/mol. The average molecular weight is 260 g/mol. The van der Waals surface area contributed by atoms with Crippen LogP contribution < -0.4 is 21.5 Å². The molecule has 0 atom stereocenters. The molecule has 0 bridgehead atoms. The Balaban J connectivity index is 2.01. The Kier molecular flexibility index (Phi) is 4.78. The van der Waals surface area contributed by atoms with Crippen molar-refractivity contribution in [3.8, 4) is 0 Å². The number of rotatable bonds is 3. The van der Waals surface area contributed by atoms with Crippen molar-refractivity contribution in [3.05, 3.63) is 29.8 Å². The van der Waals surface area contributed by atoms with Crippen molar-refractivity contribution in [3.63, 3.8) is 0 Å². The first-order valence-corrected chi connectivity index (χ1v) is 6.78. The normalized spacial score (nSPS) is 16.3. The van der Waals surface area contributed by atoms with E-state index in [1.807, 2.05) is 0 Å². The Labute approximate surface area is 114 Å². The molecule has 1 fully saturated rings. The number of nitrogens with one attached hydrogen (secondary N) is 1. The molecule has 5 heteroatoms. The van der Waals surface area contributed by atoms with Crippen LogP contribution in [0, 0.1) is 0 Å². The van der Waals surface area contributed by atoms with Gasteiger partial charge in [0.05, 0.1) is 0 Å². The molecule has 1 heterocycles. The van der Waals surface area contributed by atoms with Crippen molar-refractivity contribution in [1.82, 2.24) is 0 Å². The predicted octanol–water partition coefficient (Wildman–Crippen LogP) is -0.245. The van der Waals surface area contributed by atoms with E-state index in [0.29, 0.717) is 0 Å². The molecule has 0 amide bonds. The number of benzene rings is 1. The largest absolute Gasteiger partial charge is 0.372 e. The van der Waals surface area contributed by atoms with E-state index in [2.05, 4.69) is 39.4 Å². The molecule has 102 valence electrons. The lowest BCUT2D eigenvalue weighted by atomic mass is 10.2. The lowest BCUT2D eigenvalue weighted by Gasteiger charge is -2.22. The van der Waals surface area contributed by atoms with E-state index in [9.17, 15) is 0 Å². The molecule has 1 aliphatic heterocycles. The molecule has 2 rings (SSSR count). The maximum Gasteiger partial charge on any atom is 0.256 e. The number of hydrogen-bond donors (Lipinski definition) is 3. The minimum absolute atomic E-state index is 0.0254. The maximum absolute atomic E-state index is 5.23. The second-order valence-electron chi connectivity index (χ2n) is 4.80. The van der Waals surface area contributed by atoms with Crippen LogP contribution in [0.2, 0.25) is 0 Å². The molecule has 0 aliphatic carbocycles. The van der Waals surface area contributed by atoms with Crippen molar-refractivity contribution >= 4 is 17.9 Å². The highest BCUT2D eigenvalue weighted by molar-refractivity contribution is 5.77. The quantitative estimate of drug-likeness (QED) is 0.398. The molecule has 0 unspecified atom stereocenters. The third kappa shape index (κ3) is 4.28. The standard InChI is InChI=1S/C14H21N5/c15-14(16)18-17-11-12-5-7-13(8-6-12)19-9-3-1-2-4-10-19/h5-8,11H,1-4,9-10H2,(H4,15,16,18)/p+1/b17-11+. The molecule has 0 aromatic heterocycles. The van der Waals surface area contributed by atoms with Gasteiger partial charge in [-0.15, -0.1) is 5.10 Å². The monoisotopic (exact) mass is 260 g/mol. The molecule has 1 saturated heterocycles. The smallest absolute Gasteiger partial charge is 0.256 e. The minimum Gasteiger partial charge on any atom is -0.372 e. The van der Waals surface area contributed by atoms with Crippen LogP contribution in [0.25, 0.3) is 0 Å². The number of hydrogen-bond acceptors (Lipinski definition) is 2. The van der Waals surface area contributed by atoms with E-state index < -0.39 is 0 Å². The second kappa shape index (κ2) is 6.78. The third-order valence-electron chi connectivity index (χ3n) is 3.29. The van der Waals surface area contributed by atoms with E-state index in [-0.39, 0.29) is 5.96 Å². The molecular formula is C14H22N5+. The van der Waals surface area contributed by atoms with Crippen LogP contribution in [-0.4, -0.2) is 25.3 Å². The molecule has 0 radical (unpaired) electrons. The molecule has 5 N–H and O–H groups in total. The third-order valence-corrected chi connectivity index (χ3v) is 3.29. The van der Waals surface area contributed by atoms with Gasteiger partial charge in [-0.3, -0.25) is 0 Å². The predicted molar refractivity (Wildman–Crippen MR) is 79.1 cm³/mol. The summed E-state index contributed by atoms with van der Waals surface area (Å²) in [6, 6.07) is 8.42. The van der Waals surface area contributed by atoms with Crippen molar-refractivity contribution in [2.45, 2.75) is 25.7 Å². The Morgan fingerprint density at radius 2 is 1.68 bits per heavy atom. The molecule has 0 spiro atoms. The van der Waals surface area contributed by atoms with Crippen LogP contribution in [0.15, 0.2) is 29.4 Å². The molecule has 0 saturated carbocycles. The van der Waals surface area contributed by atoms with Gasteiger partial charge in [0.2, 0.25) is 6.21 Å². The van der Waals surface area contributed by atoms with E-state index >= 15 is 0 Å². The van der Waals surface area contributed by atoms with Gasteiger partial charge in [-0.25, -0.2) is 0 Å². The Morgan fingerprint density at radius 1 is 1.05 bits per heavy atom. The van der Waals surface area contributed by atoms with Gasteiger partial charge in [-0.2, -0.15) is 0 Å². The summed E-state index contributed by atoms with van der Waals surface area (Å²) < 4.78 is 0. The highest BCUT2D eigenvalue weighted by Crippen LogP contribution is 2.19. The molecule has 19 heavy (non-hydrogen) atoms. The van der Waals surface area contributed by atoms with E-state index in [1.165, 1.54) is 31.4 Å². The van der Waals surface area contributed by atoms with Crippen molar-refractivity contribution in [1.29, 1.82) is 0 Å². The Morgan fingerprint density at radius 3 is 2.26 bits per heavy atom. The topological polar surface area (TPSA) is 81.6 Å². The fraction of sp³-hybridized carbons (Fsp3) is 0.429. The first kappa shape index (κ1) is 13.4. The van der Waals surface area contributed by atoms with Crippen molar-refractivity contribution < 1.29 is 5.10 Å². The molecule has 5 nitrogen and oxygen atoms in total. The minimum atomic E-state index is 0.0254. The zero-order valence-electron chi connectivity index (χ0n) is 11.2. The van der Waals surface area contributed by atoms with Crippen LogP contribution in [0.4, 0.5) is 5.69 Å². The van der Waals surface area contributed by atoms with Gasteiger partial charge in [-0.05, 0) is 37.1 Å². The van der Waals surface area contributed by atoms with E-state index in [4.69, 9.17) is 11.5 Å². The van der Waals surface area contributed by atoms with Gasteiger partial charge in [0.15, 0.2) is 0 Å². The van der Waals surface area contributed by atoms with Gasteiger partial charge >= 0.3 is 0 Å². The second-order valence-corrected chi connectivity index (χ2v) is 4.80. The highest BCUT2D eigenvalue weighted by Gasteiger charge is 2.09. The van der Waals surface area contributed by atoms with Gasteiger partial charge in [0.25, 0.3) is 5.96 Å². The fourth-order valence-electron chi connectivity index (χ4n) is 2.29. The summed E-state index contributed by atoms with van der Waals surface area (Å²) in [7, 11) is 0. The highest BCUT2D eigenvalue weighted by atomic mass is 15.3. The molecule has 1 aromatic carbocycles. The van der Waals surface area contributed by atoms with Crippen LogP contribution in [0.3, 0.4) is 0 Å². The summed E-state index contributed by atoms with van der Waals surface area (Å²) in [6.45, 7) is 2.32. The first-order chi connectivity index (χ1) is 9.25. The number of nitrogens with zero attached hydrogens (tertiary/aromatic N) is 2. The van der Waals surface area contributed by atoms with Crippen LogP contribution in [0.1, 0.15) is 31.2 Å². The Bertz CT molecular complexity index is 437. The van der Waals surface area contributed by atoms with Crippen LogP contribution in [-0.2, 0) is 0 Å². The Hall–Kier alpha value is -2.04. The molecule has 1 aromatic rings. The summed E-state index contributed by atoms with van der Waals surface area (Å²) >= 11 is 0. The van der Waals surface area contributed by atoms with Crippen LogP contribution >= 0.6 is 0 Å². The van der Waals surface area contributed by atoms with Gasteiger partial charge in [-0.1, -0.05) is 12.8 Å². The summed E-state index contributed by atoms with van der Waals surface area (Å²) in [5.41, 5.74) is 12.8. The van der Waals surface area contributed by atoms with E-state index in [1.54, 1.807) is 6.21 Å². The lowest BCUT2D eigenvalue weighted by Crippen LogP contribution is -2.63. The summed E-state index contributed by atoms with van der Waals surface area (Å²) in [5.74, 6) is 0.0254. The zero-order valence-corrected chi connectivity index (χ0v) is 11.2. The zero-order chi connectivity index (χ0) is 13.5. The number of anilines is 1. The number of hydrazone groups is 1. The van der Waals surface area contributed by atoms with Gasteiger partial charge in [0.1, 0.15) is 0 Å². The maximum atomic E-state index is 5.23. The average Bonchev–Trinajstić information content (AvgIpc) is 2.68. The van der Waals surface area contributed by atoms with Gasteiger partial charge < -0.3 is 16.4 Å². The summed E-state index contributed by atoms with van der Waals surface area (Å²) in [5, 5.41) is 6.41. The SMILES string of the molecule is NC(N)=N/[NH+]=C/c1ccc(N2CCCCCC2)cc1. The van der Waals surface area contributed by atoms with E-state index in [0.717, 1.165) is 18.7 Å². The first-order valence-electron chi connectivity index (χ1n) is 6.78.